The molecule has 0 aromatic heterocycles. The van der Waals surface area contributed by atoms with Crippen LogP contribution in [0, 0.1) is 0 Å². The van der Waals surface area contributed by atoms with E-state index in [0.717, 1.165) is 31.5 Å². The summed E-state index contributed by atoms with van der Waals surface area (Å²) in [4.78, 5) is 15.0. The van der Waals surface area contributed by atoms with Crippen LogP contribution in [0.3, 0.4) is 0 Å². The zero-order valence-corrected chi connectivity index (χ0v) is 17.3. The van der Waals surface area contributed by atoms with Crippen LogP contribution in [0.15, 0.2) is 42.5 Å². The molecular weight excluding hydrogens is 398 g/mol. The number of anilines is 1. The monoisotopic (exact) mass is 421 g/mol. The molecule has 3 rings (SSSR count). The third-order valence-electron chi connectivity index (χ3n) is 4.66. The van der Waals surface area contributed by atoms with Gasteiger partial charge in [0.15, 0.2) is 0 Å². The Bertz CT molecular complexity index is 957. The standard InChI is InChI=1S/C20H24ClN3O3S/c1-28(26,27)23-17-8-9-19(21)18(12-17)20(25)22-13-15-6-2-3-7-16(15)14-24-10-4-5-11-24/h2-3,6-9,12,23H,4-5,10-11,13-14H2,1H3,(H,22,25). The van der Waals surface area contributed by atoms with E-state index < -0.39 is 10.0 Å². The van der Waals surface area contributed by atoms with Crippen LogP contribution in [0.5, 0.6) is 0 Å². The predicted octanol–water partition coefficient (Wildman–Crippen LogP) is 3.24. The van der Waals surface area contributed by atoms with Crippen molar-refractivity contribution in [3.05, 3.63) is 64.2 Å². The molecule has 150 valence electrons. The molecule has 2 aromatic carbocycles. The van der Waals surface area contributed by atoms with Gasteiger partial charge in [-0.2, -0.15) is 0 Å². The minimum Gasteiger partial charge on any atom is -0.348 e. The Morgan fingerprint density at radius 1 is 1.11 bits per heavy atom. The molecule has 2 aromatic rings. The quantitative estimate of drug-likeness (QED) is 0.719. The number of rotatable bonds is 7. The Balaban J connectivity index is 1.70. The zero-order chi connectivity index (χ0) is 20.1. The van der Waals surface area contributed by atoms with Gasteiger partial charge in [0.1, 0.15) is 0 Å². The third kappa shape index (κ3) is 5.70. The average molecular weight is 422 g/mol. The molecule has 0 unspecified atom stereocenters. The van der Waals surface area contributed by atoms with E-state index in [4.69, 9.17) is 11.6 Å². The zero-order valence-electron chi connectivity index (χ0n) is 15.7. The van der Waals surface area contributed by atoms with Gasteiger partial charge in [0.2, 0.25) is 10.0 Å². The first-order valence-corrected chi connectivity index (χ1v) is 11.4. The van der Waals surface area contributed by atoms with Crippen LogP contribution in [0.25, 0.3) is 0 Å². The lowest BCUT2D eigenvalue weighted by Gasteiger charge is -2.18. The number of hydrogen-bond acceptors (Lipinski definition) is 4. The molecule has 0 bridgehead atoms. The molecule has 0 spiro atoms. The minimum absolute atomic E-state index is 0.229. The van der Waals surface area contributed by atoms with E-state index >= 15 is 0 Å². The molecule has 8 heteroatoms. The molecule has 0 saturated carbocycles. The molecule has 0 atom stereocenters. The maximum Gasteiger partial charge on any atom is 0.253 e. The Morgan fingerprint density at radius 3 is 2.46 bits per heavy atom. The van der Waals surface area contributed by atoms with Crippen molar-refractivity contribution < 1.29 is 13.2 Å². The van der Waals surface area contributed by atoms with E-state index in [9.17, 15) is 13.2 Å². The Hall–Kier alpha value is -2.09. The lowest BCUT2D eigenvalue weighted by atomic mass is 10.1. The van der Waals surface area contributed by atoms with Gasteiger partial charge in [0, 0.05) is 18.8 Å². The van der Waals surface area contributed by atoms with E-state index in [1.807, 2.05) is 18.2 Å². The fourth-order valence-corrected chi connectivity index (χ4v) is 4.07. The number of carbonyl (C=O) groups is 1. The average Bonchev–Trinajstić information content (AvgIpc) is 3.14. The Kier molecular flexibility index (Phi) is 6.59. The molecule has 6 nitrogen and oxygen atoms in total. The van der Waals surface area contributed by atoms with E-state index in [2.05, 4.69) is 21.0 Å². The molecule has 1 saturated heterocycles. The van der Waals surface area contributed by atoms with Gasteiger partial charge in [-0.15, -0.1) is 0 Å². The van der Waals surface area contributed by atoms with Crippen molar-refractivity contribution in [1.29, 1.82) is 0 Å². The van der Waals surface area contributed by atoms with Crippen molar-refractivity contribution in [3.63, 3.8) is 0 Å². The molecule has 1 aliphatic heterocycles. The molecule has 1 aliphatic rings. The highest BCUT2D eigenvalue weighted by Gasteiger charge is 2.16. The second-order valence-electron chi connectivity index (χ2n) is 7.00. The number of hydrogen-bond donors (Lipinski definition) is 2. The van der Waals surface area contributed by atoms with Crippen molar-refractivity contribution in [2.24, 2.45) is 0 Å². The van der Waals surface area contributed by atoms with Gasteiger partial charge in [-0.3, -0.25) is 14.4 Å². The molecular formula is C20H24ClN3O3S. The van der Waals surface area contributed by atoms with Gasteiger partial charge in [-0.1, -0.05) is 35.9 Å². The fourth-order valence-electron chi connectivity index (χ4n) is 3.31. The first kappa shape index (κ1) is 20.6. The largest absolute Gasteiger partial charge is 0.348 e. The molecule has 1 fully saturated rings. The van der Waals surface area contributed by atoms with Crippen LogP contribution in [-0.2, 0) is 23.1 Å². The van der Waals surface area contributed by atoms with Crippen molar-refractivity contribution in [2.75, 3.05) is 24.1 Å². The number of amides is 1. The lowest BCUT2D eigenvalue weighted by Crippen LogP contribution is -2.25. The van der Waals surface area contributed by atoms with E-state index in [-0.39, 0.29) is 16.5 Å². The summed E-state index contributed by atoms with van der Waals surface area (Å²) < 4.78 is 25.2. The minimum atomic E-state index is -3.43. The summed E-state index contributed by atoms with van der Waals surface area (Å²) in [6, 6.07) is 12.5. The van der Waals surface area contributed by atoms with Crippen LogP contribution in [-0.4, -0.2) is 38.6 Å². The molecule has 1 amide bonds. The summed E-state index contributed by atoms with van der Waals surface area (Å²) in [5, 5.41) is 3.16. The number of sulfonamides is 1. The van der Waals surface area contributed by atoms with Crippen LogP contribution >= 0.6 is 11.6 Å². The highest BCUT2D eigenvalue weighted by molar-refractivity contribution is 7.92. The summed E-state index contributed by atoms with van der Waals surface area (Å²) >= 11 is 6.14. The normalized spacial score (nSPS) is 14.8. The maximum atomic E-state index is 12.6. The fraction of sp³-hybridized carbons (Fsp3) is 0.350. The molecule has 1 heterocycles. The van der Waals surface area contributed by atoms with Crippen molar-refractivity contribution >= 4 is 33.2 Å². The topological polar surface area (TPSA) is 78.5 Å². The van der Waals surface area contributed by atoms with Crippen LogP contribution in [0.2, 0.25) is 5.02 Å². The van der Waals surface area contributed by atoms with Gasteiger partial charge in [-0.05, 0) is 55.3 Å². The van der Waals surface area contributed by atoms with Crippen molar-refractivity contribution in [3.8, 4) is 0 Å². The van der Waals surface area contributed by atoms with Crippen molar-refractivity contribution in [2.45, 2.75) is 25.9 Å². The molecule has 0 radical (unpaired) electrons. The number of benzene rings is 2. The lowest BCUT2D eigenvalue weighted by molar-refractivity contribution is 0.0951. The third-order valence-corrected chi connectivity index (χ3v) is 5.60. The molecule has 2 N–H and O–H groups in total. The highest BCUT2D eigenvalue weighted by Crippen LogP contribution is 2.22. The van der Waals surface area contributed by atoms with Gasteiger partial charge >= 0.3 is 0 Å². The van der Waals surface area contributed by atoms with Gasteiger partial charge < -0.3 is 5.32 Å². The first-order chi connectivity index (χ1) is 13.3. The SMILES string of the molecule is CS(=O)(=O)Nc1ccc(Cl)c(C(=O)NCc2ccccc2CN2CCCC2)c1. The first-order valence-electron chi connectivity index (χ1n) is 9.16. The summed E-state index contributed by atoms with van der Waals surface area (Å²) in [5.41, 5.74) is 2.78. The van der Waals surface area contributed by atoms with Gasteiger partial charge in [-0.25, -0.2) is 8.42 Å². The Labute approximate surface area is 170 Å². The highest BCUT2D eigenvalue weighted by atomic mass is 35.5. The maximum absolute atomic E-state index is 12.6. The van der Waals surface area contributed by atoms with Crippen LogP contribution < -0.4 is 10.0 Å². The number of nitrogens with one attached hydrogen (secondary N) is 2. The predicted molar refractivity (Wildman–Crippen MR) is 112 cm³/mol. The summed E-state index contributed by atoms with van der Waals surface area (Å²) in [5.74, 6) is -0.349. The number of nitrogens with zero attached hydrogens (tertiary/aromatic N) is 1. The van der Waals surface area contributed by atoms with E-state index in [0.29, 0.717) is 12.2 Å². The summed E-state index contributed by atoms with van der Waals surface area (Å²) in [6.45, 7) is 3.47. The summed E-state index contributed by atoms with van der Waals surface area (Å²) in [6.07, 6.45) is 3.52. The molecule has 28 heavy (non-hydrogen) atoms. The summed E-state index contributed by atoms with van der Waals surface area (Å²) in [7, 11) is -3.43. The van der Waals surface area contributed by atoms with E-state index in [1.165, 1.54) is 36.6 Å². The van der Waals surface area contributed by atoms with Gasteiger partial charge in [0.25, 0.3) is 5.91 Å². The number of halogens is 1. The van der Waals surface area contributed by atoms with Crippen LogP contribution in [0.1, 0.15) is 34.3 Å². The second-order valence-corrected chi connectivity index (χ2v) is 9.16. The second kappa shape index (κ2) is 8.94. The van der Waals surface area contributed by atoms with Gasteiger partial charge in [0.05, 0.1) is 16.8 Å². The smallest absolute Gasteiger partial charge is 0.253 e. The molecule has 0 aliphatic carbocycles. The van der Waals surface area contributed by atoms with Crippen molar-refractivity contribution in [1.82, 2.24) is 10.2 Å². The van der Waals surface area contributed by atoms with Crippen LogP contribution in [0.4, 0.5) is 5.69 Å². The Morgan fingerprint density at radius 2 is 1.79 bits per heavy atom. The number of carbonyl (C=O) groups excluding carboxylic acids is 1. The van der Waals surface area contributed by atoms with E-state index in [1.54, 1.807) is 0 Å². The number of likely N-dealkylation sites (tertiary alicyclic amines) is 1.